The van der Waals surface area contributed by atoms with Crippen molar-refractivity contribution in [2.24, 2.45) is 0 Å². The average Bonchev–Trinajstić information content (AvgIpc) is 2.74. The molecule has 0 saturated heterocycles. The van der Waals surface area contributed by atoms with Gasteiger partial charge >= 0.3 is 0 Å². The lowest BCUT2D eigenvalue weighted by Crippen LogP contribution is -2.26. The Kier molecular flexibility index (Phi) is 3.15. The van der Waals surface area contributed by atoms with E-state index in [0.29, 0.717) is 6.04 Å². The number of nitrogens with zero attached hydrogens (tertiary/aromatic N) is 2. The molecule has 0 spiro atoms. The quantitative estimate of drug-likeness (QED) is 0.770. The summed E-state index contributed by atoms with van der Waals surface area (Å²) >= 11 is 5.92. The van der Waals surface area contributed by atoms with Gasteiger partial charge in [-0.15, -0.1) is 11.6 Å². The fraction of sp³-hybridized carbons (Fsp3) is 0.267. The zero-order valence-corrected chi connectivity index (χ0v) is 11.4. The van der Waals surface area contributed by atoms with Crippen molar-refractivity contribution in [2.75, 3.05) is 4.90 Å². The zero-order chi connectivity index (χ0) is 13.4. The first-order valence-electron chi connectivity index (χ1n) is 6.28. The molecule has 1 unspecified atom stereocenters. The molecule has 0 aliphatic carbocycles. The molecule has 0 fully saturated rings. The number of hydrogen-bond acceptors (Lipinski definition) is 2. The van der Waals surface area contributed by atoms with Gasteiger partial charge in [0.25, 0.3) is 0 Å². The molecular formula is C15H14ClFN2. The SMILES string of the molecule is CC1Cc2ccccc2N1c1ncc(F)cc1CCl. The van der Waals surface area contributed by atoms with Crippen LogP contribution in [0.2, 0.25) is 0 Å². The molecule has 1 aliphatic heterocycles. The minimum absolute atomic E-state index is 0.255. The van der Waals surface area contributed by atoms with Crippen molar-refractivity contribution >= 4 is 23.1 Å². The molecule has 98 valence electrons. The number of fused-ring (bicyclic) bond motifs is 1. The zero-order valence-electron chi connectivity index (χ0n) is 10.6. The van der Waals surface area contributed by atoms with Crippen LogP contribution >= 0.6 is 11.6 Å². The molecule has 1 aromatic heterocycles. The molecule has 19 heavy (non-hydrogen) atoms. The van der Waals surface area contributed by atoms with Crippen molar-refractivity contribution in [1.29, 1.82) is 0 Å². The summed E-state index contributed by atoms with van der Waals surface area (Å²) in [6.45, 7) is 2.14. The van der Waals surface area contributed by atoms with Crippen LogP contribution in [-0.2, 0) is 12.3 Å². The number of benzene rings is 1. The lowest BCUT2D eigenvalue weighted by atomic mass is 10.1. The summed E-state index contributed by atoms with van der Waals surface area (Å²) in [5.74, 6) is 0.666. The van der Waals surface area contributed by atoms with E-state index in [0.717, 1.165) is 23.5 Å². The van der Waals surface area contributed by atoms with Gasteiger partial charge in [-0.25, -0.2) is 9.37 Å². The Balaban J connectivity index is 2.12. The maximum absolute atomic E-state index is 13.3. The summed E-state index contributed by atoms with van der Waals surface area (Å²) in [6, 6.07) is 10.0. The molecule has 2 nitrogen and oxygen atoms in total. The smallest absolute Gasteiger partial charge is 0.141 e. The molecule has 0 radical (unpaired) electrons. The van der Waals surface area contributed by atoms with Gasteiger partial charge < -0.3 is 4.90 Å². The summed E-state index contributed by atoms with van der Waals surface area (Å²) in [6.07, 6.45) is 2.22. The third kappa shape index (κ3) is 2.08. The predicted octanol–water partition coefficient (Wildman–Crippen LogP) is 4.04. The molecule has 3 rings (SSSR count). The van der Waals surface area contributed by atoms with Crippen LogP contribution in [0.4, 0.5) is 15.9 Å². The van der Waals surface area contributed by atoms with Gasteiger partial charge in [0.05, 0.1) is 12.1 Å². The lowest BCUT2D eigenvalue weighted by molar-refractivity contribution is 0.618. The number of hydrogen-bond donors (Lipinski definition) is 0. The minimum atomic E-state index is -0.348. The van der Waals surface area contributed by atoms with Crippen LogP contribution in [0.5, 0.6) is 0 Å². The Morgan fingerprint density at radius 2 is 2.21 bits per heavy atom. The van der Waals surface area contributed by atoms with E-state index in [1.165, 1.54) is 17.8 Å². The van der Waals surface area contributed by atoms with Gasteiger partial charge in [-0.05, 0) is 31.0 Å². The third-order valence-electron chi connectivity index (χ3n) is 3.49. The first-order valence-corrected chi connectivity index (χ1v) is 6.81. The van der Waals surface area contributed by atoms with E-state index < -0.39 is 0 Å². The molecule has 0 saturated carbocycles. The van der Waals surface area contributed by atoms with E-state index in [4.69, 9.17) is 11.6 Å². The monoisotopic (exact) mass is 276 g/mol. The molecule has 2 aromatic rings. The van der Waals surface area contributed by atoms with Gasteiger partial charge in [-0.3, -0.25) is 0 Å². The van der Waals surface area contributed by atoms with E-state index in [1.807, 2.05) is 12.1 Å². The Bertz CT molecular complexity index is 615. The Hall–Kier alpha value is -1.61. The largest absolute Gasteiger partial charge is 0.323 e. The first-order chi connectivity index (χ1) is 9.20. The van der Waals surface area contributed by atoms with Crippen molar-refractivity contribution in [3.8, 4) is 0 Å². The number of anilines is 2. The standard InChI is InChI=1S/C15H14ClFN2/c1-10-6-11-4-2-3-5-14(11)19(10)15-12(8-16)7-13(17)9-18-15/h2-5,7,9-10H,6,8H2,1H3. The molecule has 1 aromatic carbocycles. The van der Waals surface area contributed by atoms with Gasteiger partial charge in [-0.1, -0.05) is 18.2 Å². The van der Waals surface area contributed by atoms with Crippen LogP contribution in [0.25, 0.3) is 0 Å². The van der Waals surface area contributed by atoms with Crippen LogP contribution in [-0.4, -0.2) is 11.0 Å². The average molecular weight is 277 g/mol. The highest BCUT2D eigenvalue weighted by Gasteiger charge is 2.29. The highest BCUT2D eigenvalue weighted by atomic mass is 35.5. The molecule has 0 N–H and O–H groups in total. The Morgan fingerprint density at radius 1 is 1.42 bits per heavy atom. The molecular weight excluding hydrogens is 263 g/mol. The van der Waals surface area contributed by atoms with Crippen LogP contribution in [0.1, 0.15) is 18.1 Å². The van der Waals surface area contributed by atoms with Crippen molar-refractivity contribution < 1.29 is 4.39 Å². The van der Waals surface area contributed by atoms with E-state index in [-0.39, 0.29) is 11.7 Å². The van der Waals surface area contributed by atoms with Crippen molar-refractivity contribution in [1.82, 2.24) is 4.98 Å². The van der Waals surface area contributed by atoms with Gasteiger partial charge in [0.2, 0.25) is 0 Å². The molecule has 2 heterocycles. The molecule has 4 heteroatoms. The van der Waals surface area contributed by atoms with Gasteiger partial charge in [-0.2, -0.15) is 0 Å². The van der Waals surface area contributed by atoms with Gasteiger partial charge in [0.1, 0.15) is 11.6 Å². The summed E-state index contributed by atoms with van der Waals surface area (Å²) < 4.78 is 13.3. The number of halogens is 2. The second-order valence-corrected chi connectivity index (χ2v) is 5.09. The Labute approximate surface area is 116 Å². The van der Waals surface area contributed by atoms with Gasteiger partial charge in [0.15, 0.2) is 0 Å². The van der Waals surface area contributed by atoms with Crippen molar-refractivity contribution in [3.63, 3.8) is 0 Å². The highest BCUT2D eigenvalue weighted by molar-refractivity contribution is 6.17. The van der Waals surface area contributed by atoms with E-state index in [9.17, 15) is 4.39 Å². The predicted molar refractivity (Wildman–Crippen MR) is 75.5 cm³/mol. The number of para-hydroxylation sites is 1. The van der Waals surface area contributed by atoms with Gasteiger partial charge in [0, 0.05) is 17.3 Å². The lowest BCUT2D eigenvalue weighted by Gasteiger charge is -2.25. The van der Waals surface area contributed by atoms with Crippen molar-refractivity contribution in [3.05, 3.63) is 53.5 Å². The maximum atomic E-state index is 13.3. The number of alkyl halides is 1. The normalized spacial score (nSPS) is 17.6. The maximum Gasteiger partial charge on any atom is 0.141 e. The molecule has 0 amide bonds. The Morgan fingerprint density at radius 3 is 3.00 bits per heavy atom. The van der Waals surface area contributed by atoms with E-state index >= 15 is 0 Å². The number of pyridine rings is 1. The fourth-order valence-corrected chi connectivity index (χ4v) is 2.87. The second kappa shape index (κ2) is 4.82. The fourth-order valence-electron chi connectivity index (χ4n) is 2.68. The van der Waals surface area contributed by atoms with E-state index in [1.54, 1.807) is 0 Å². The summed E-state index contributed by atoms with van der Waals surface area (Å²) in [5.41, 5.74) is 3.16. The highest BCUT2D eigenvalue weighted by Crippen LogP contribution is 2.38. The molecule has 0 bridgehead atoms. The van der Waals surface area contributed by atoms with Crippen LogP contribution in [0, 0.1) is 5.82 Å². The summed E-state index contributed by atoms with van der Waals surface area (Å²) in [7, 11) is 0. The topological polar surface area (TPSA) is 16.1 Å². The third-order valence-corrected chi connectivity index (χ3v) is 3.78. The minimum Gasteiger partial charge on any atom is -0.323 e. The van der Waals surface area contributed by atoms with Crippen LogP contribution in [0.3, 0.4) is 0 Å². The molecule has 1 aliphatic rings. The molecule has 1 atom stereocenters. The second-order valence-electron chi connectivity index (χ2n) is 4.82. The first kappa shape index (κ1) is 12.4. The number of rotatable bonds is 2. The van der Waals surface area contributed by atoms with Crippen molar-refractivity contribution in [2.45, 2.75) is 25.3 Å². The number of aromatic nitrogens is 1. The van der Waals surface area contributed by atoms with E-state index in [2.05, 4.69) is 28.9 Å². The summed E-state index contributed by atoms with van der Waals surface area (Å²) in [4.78, 5) is 6.39. The van der Waals surface area contributed by atoms with Crippen LogP contribution in [0.15, 0.2) is 36.5 Å². The van der Waals surface area contributed by atoms with Crippen LogP contribution < -0.4 is 4.90 Å². The summed E-state index contributed by atoms with van der Waals surface area (Å²) in [5, 5.41) is 0.